The van der Waals surface area contributed by atoms with Crippen LogP contribution in [0.3, 0.4) is 0 Å². The van der Waals surface area contributed by atoms with E-state index in [0.717, 1.165) is 36.5 Å². The molecule has 1 fully saturated rings. The molecule has 0 aromatic heterocycles. The summed E-state index contributed by atoms with van der Waals surface area (Å²) in [5.74, 6) is 0.872. The molecule has 1 saturated heterocycles. The highest BCUT2D eigenvalue weighted by Gasteiger charge is 2.16. The Balaban J connectivity index is 1.47. The third kappa shape index (κ3) is 4.99. The van der Waals surface area contributed by atoms with Crippen molar-refractivity contribution < 1.29 is 14.4 Å². The number of nitrogens with zero attached hydrogens (tertiary/aromatic N) is 1. The second-order valence-electron chi connectivity index (χ2n) is 6.89. The average molecular weight is 354 g/mol. The van der Waals surface area contributed by atoms with Gasteiger partial charge in [0, 0.05) is 17.8 Å². The molecule has 0 unspecified atom stereocenters. The lowest BCUT2D eigenvalue weighted by Gasteiger charge is -2.31. The van der Waals surface area contributed by atoms with Gasteiger partial charge in [0.2, 0.25) is 5.91 Å². The Labute approximate surface area is 155 Å². The SMILES string of the molecule is COc1ccc(CCC(=O)Nc2ccc(N3CC[NH+](C)CC3)cc2)cc1. The van der Waals surface area contributed by atoms with Gasteiger partial charge in [-0.3, -0.25) is 4.79 Å². The van der Waals surface area contributed by atoms with Gasteiger partial charge in [-0.25, -0.2) is 0 Å². The lowest BCUT2D eigenvalue weighted by atomic mass is 10.1. The van der Waals surface area contributed by atoms with Gasteiger partial charge in [0.15, 0.2) is 0 Å². The molecule has 1 amide bonds. The molecule has 0 bridgehead atoms. The maximum absolute atomic E-state index is 12.2. The van der Waals surface area contributed by atoms with Gasteiger partial charge in [0.25, 0.3) is 0 Å². The number of carbonyl (C=O) groups is 1. The summed E-state index contributed by atoms with van der Waals surface area (Å²) in [5, 5.41) is 2.99. The number of likely N-dealkylation sites (N-methyl/N-ethyl adjacent to an activating group) is 1. The lowest BCUT2D eigenvalue weighted by Crippen LogP contribution is -3.12. The first-order valence-corrected chi connectivity index (χ1v) is 9.23. The van der Waals surface area contributed by atoms with Crippen LogP contribution in [0.5, 0.6) is 5.75 Å². The fourth-order valence-corrected chi connectivity index (χ4v) is 3.18. The Morgan fingerprint density at radius 3 is 2.35 bits per heavy atom. The van der Waals surface area contributed by atoms with Crippen LogP contribution >= 0.6 is 0 Å². The number of hydrogen-bond acceptors (Lipinski definition) is 3. The zero-order valence-electron chi connectivity index (χ0n) is 15.6. The normalized spacial score (nSPS) is 14.9. The number of benzene rings is 2. The van der Waals surface area contributed by atoms with E-state index in [2.05, 4.69) is 29.4 Å². The molecule has 1 heterocycles. The zero-order valence-corrected chi connectivity index (χ0v) is 15.6. The highest BCUT2D eigenvalue weighted by molar-refractivity contribution is 5.91. The summed E-state index contributed by atoms with van der Waals surface area (Å²) >= 11 is 0. The number of nitrogens with one attached hydrogen (secondary N) is 2. The van der Waals surface area contributed by atoms with E-state index in [1.165, 1.54) is 18.8 Å². The molecule has 138 valence electrons. The molecule has 0 atom stereocenters. The molecular weight excluding hydrogens is 326 g/mol. The topological polar surface area (TPSA) is 46.0 Å². The predicted molar refractivity (Wildman–Crippen MR) is 105 cm³/mol. The quantitative estimate of drug-likeness (QED) is 0.828. The first-order chi connectivity index (χ1) is 12.6. The molecule has 0 aliphatic carbocycles. The van der Waals surface area contributed by atoms with Gasteiger partial charge in [-0.2, -0.15) is 0 Å². The van der Waals surface area contributed by atoms with Crippen LogP contribution in [-0.2, 0) is 11.2 Å². The maximum Gasteiger partial charge on any atom is 0.224 e. The highest BCUT2D eigenvalue weighted by atomic mass is 16.5. The Bertz CT molecular complexity index is 705. The molecule has 1 aliphatic rings. The van der Waals surface area contributed by atoms with Crippen molar-refractivity contribution in [1.82, 2.24) is 0 Å². The lowest BCUT2D eigenvalue weighted by molar-refractivity contribution is -0.880. The first-order valence-electron chi connectivity index (χ1n) is 9.23. The average Bonchev–Trinajstić information content (AvgIpc) is 2.68. The minimum Gasteiger partial charge on any atom is -0.497 e. The van der Waals surface area contributed by atoms with E-state index in [1.807, 2.05) is 36.4 Å². The molecule has 5 heteroatoms. The van der Waals surface area contributed by atoms with E-state index < -0.39 is 0 Å². The van der Waals surface area contributed by atoms with Crippen LogP contribution in [0.4, 0.5) is 11.4 Å². The van der Waals surface area contributed by atoms with Crippen LogP contribution in [0.25, 0.3) is 0 Å². The molecule has 3 rings (SSSR count). The first kappa shape index (κ1) is 18.3. The molecule has 0 spiro atoms. The van der Waals surface area contributed by atoms with Gasteiger partial charge in [-0.1, -0.05) is 12.1 Å². The van der Waals surface area contributed by atoms with E-state index in [4.69, 9.17) is 4.74 Å². The molecule has 2 aromatic carbocycles. The highest BCUT2D eigenvalue weighted by Crippen LogP contribution is 2.18. The number of quaternary nitrogens is 1. The van der Waals surface area contributed by atoms with Crippen molar-refractivity contribution >= 4 is 17.3 Å². The van der Waals surface area contributed by atoms with Crippen molar-refractivity contribution in [3.63, 3.8) is 0 Å². The molecule has 2 aromatic rings. The van der Waals surface area contributed by atoms with Gasteiger partial charge < -0.3 is 19.9 Å². The second-order valence-corrected chi connectivity index (χ2v) is 6.89. The smallest absolute Gasteiger partial charge is 0.224 e. The van der Waals surface area contributed by atoms with Crippen LogP contribution < -0.4 is 19.9 Å². The van der Waals surface area contributed by atoms with Crippen molar-refractivity contribution in [1.29, 1.82) is 0 Å². The van der Waals surface area contributed by atoms with Gasteiger partial charge >= 0.3 is 0 Å². The van der Waals surface area contributed by atoms with Crippen molar-refractivity contribution in [3.05, 3.63) is 54.1 Å². The molecule has 0 saturated carbocycles. The fraction of sp³-hybridized carbons (Fsp3) is 0.381. The number of amides is 1. The van der Waals surface area contributed by atoms with Crippen LogP contribution in [0.2, 0.25) is 0 Å². The van der Waals surface area contributed by atoms with Crippen molar-refractivity contribution in [2.45, 2.75) is 12.8 Å². The summed E-state index contributed by atoms with van der Waals surface area (Å²) in [6, 6.07) is 16.0. The van der Waals surface area contributed by atoms with E-state index in [-0.39, 0.29) is 5.91 Å². The molecular formula is C21H28N3O2+. The number of piperazine rings is 1. The molecule has 0 radical (unpaired) electrons. The molecule has 5 nitrogen and oxygen atoms in total. The molecule has 26 heavy (non-hydrogen) atoms. The third-order valence-corrected chi connectivity index (χ3v) is 4.93. The van der Waals surface area contributed by atoms with Gasteiger partial charge in [-0.15, -0.1) is 0 Å². The summed E-state index contributed by atoms with van der Waals surface area (Å²) in [6.07, 6.45) is 1.19. The van der Waals surface area contributed by atoms with E-state index >= 15 is 0 Å². The van der Waals surface area contributed by atoms with Crippen LogP contribution in [-0.4, -0.2) is 46.2 Å². The zero-order chi connectivity index (χ0) is 18.4. The van der Waals surface area contributed by atoms with Crippen LogP contribution in [0, 0.1) is 0 Å². The minimum atomic E-state index is 0.0387. The standard InChI is InChI=1S/C21H27N3O2/c1-23-13-15-24(16-14-23)19-8-6-18(7-9-19)22-21(25)12-5-17-3-10-20(26-2)11-4-17/h3-4,6-11H,5,12-16H2,1-2H3,(H,22,25)/p+1. The Morgan fingerprint density at radius 2 is 1.73 bits per heavy atom. The number of aryl methyl sites for hydroxylation is 1. The summed E-state index contributed by atoms with van der Waals surface area (Å²) in [4.78, 5) is 16.2. The predicted octanol–water partition coefficient (Wildman–Crippen LogP) is 1.60. The minimum absolute atomic E-state index is 0.0387. The Morgan fingerprint density at radius 1 is 1.08 bits per heavy atom. The van der Waals surface area contributed by atoms with Crippen molar-refractivity contribution in [2.75, 3.05) is 50.6 Å². The monoisotopic (exact) mass is 354 g/mol. The van der Waals surface area contributed by atoms with Gasteiger partial charge in [0.1, 0.15) is 5.75 Å². The number of methoxy groups -OCH3 is 1. The number of carbonyl (C=O) groups excluding carboxylic acids is 1. The molecule has 2 N–H and O–H groups in total. The van der Waals surface area contributed by atoms with Gasteiger partial charge in [-0.05, 0) is 48.4 Å². The Kier molecular flexibility index (Phi) is 6.12. The van der Waals surface area contributed by atoms with E-state index in [9.17, 15) is 4.79 Å². The Hall–Kier alpha value is -2.53. The van der Waals surface area contributed by atoms with E-state index in [0.29, 0.717) is 6.42 Å². The number of rotatable bonds is 6. The molecule has 1 aliphatic heterocycles. The number of ether oxygens (including phenoxy) is 1. The van der Waals surface area contributed by atoms with Crippen molar-refractivity contribution in [2.24, 2.45) is 0 Å². The largest absolute Gasteiger partial charge is 0.497 e. The van der Waals surface area contributed by atoms with E-state index in [1.54, 1.807) is 12.0 Å². The number of hydrogen-bond donors (Lipinski definition) is 2. The third-order valence-electron chi connectivity index (χ3n) is 4.93. The van der Waals surface area contributed by atoms with Gasteiger partial charge in [0.05, 0.1) is 40.3 Å². The van der Waals surface area contributed by atoms with Crippen molar-refractivity contribution in [3.8, 4) is 5.75 Å². The second kappa shape index (κ2) is 8.72. The summed E-state index contributed by atoms with van der Waals surface area (Å²) < 4.78 is 5.15. The van der Waals surface area contributed by atoms with Crippen LogP contribution in [0.1, 0.15) is 12.0 Å². The summed E-state index contributed by atoms with van der Waals surface area (Å²) in [7, 11) is 3.89. The summed E-state index contributed by atoms with van der Waals surface area (Å²) in [5.41, 5.74) is 3.22. The summed E-state index contributed by atoms with van der Waals surface area (Å²) in [6.45, 7) is 4.51. The fourth-order valence-electron chi connectivity index (χ4n) is 3.18. The van der Waals surface area contributed by atoms with Crippen LogP contribution in [0.15, 0.2) is 48.5 Å². The maximum atomic E-state index is 12.2. The number of anilines is 2.